The van der Waals surface area contributed by atoms with E-state index >= 15 is 0 Å². The van der Waals surface area contributed by atoms with E-state index in [-0.39, 0.29) is 23.6 Å². The lowest BCUT2D eigenvalue weighted by atomic mass is 10.2. The van der Waals surface area contributed by atoms with Crippen molar-refractivity contribution < 1.29 is 23.1 Å². The molecule has 0 fully saturated rings. The van der Waals surface area contributed by atoms with Crippen LogP contribution in [0.3, 0.4) is 0 Å². The summed E-state index contributed by atoms with van der Waals surface area (Å²) in [6, 6.07) is 2.43. The Kier molecular flexibility index (Phi) is 6.32. The van der Waals surface area contributed by atoms with E-state index in [1.54, 1.807) is 0 Å². The Morgan fingerprint density at radius 3 is 2.48 bits per heavy atom. The van der Waals surface area contributed by atoms with Crippen LogP contribution in [0.15, 0.2) is 23.4 Å². The summed E-state index contributed by atoms with van der Waals surface area (Å²) in [5.74, 6) is -1.63. The summed E-state index contributed by atoms with van der Waals surface area (Å²) in [6.45, 7) is -0.0577. The third-order valence-electron chi connectivity index (χ3n) is 2.20. The molecule has 0 radical (unpaired) electrons. The molecule has 0 aliphatic rings. The van der Waals surface area contributed by atoms with Crippen LogP contribution < -0.4 is 5.32 Å². The Labute approximate surface area is 145 Å². The second-order valence-corrected chi connectivity index (χ2v) is 14.1. The van der Waals surface area contributed by atoms with E-state index in [9.17, 15) is 18.0 Å². The molecule has 11 heteroatoms. The predicted molar refractivity (Wildman–Crippen MR) is 85.5 cm³/mol. The van der Waals surface area contributed by atoms with Crippen LogP contribution in [-0.4, -0.2) is 38.4 Å². The third kappa shape index (κ3) is 5.01. The Balaban J connectivity index is 2.96. The predicted octanol–water partition coefficient (Wildman–Crippen LogP) is 1.86. The lowest BCUT2D eigenvalue weighted by Crippen LogP contribution is -2.26. The van der Waals surface area contributed by atoms with Crippen molar-refractivity contribution >= 4 is 69.5 Å². The summed E-state index contributed by atoms with van der Waals surface area (Å²) in [6.07, 6.45) is 0.951. The monoisotopic (exact) mass is 506 g/mol. The van der Waals surface area contributed by atoms with Gasteiger partial charge in [-0.05, 0) is 59.9 Å². The van der Waals surface area contributed by atoms with Crippen molar-refractivity contribution in [2.45, 2.75) is 12.9 Å². The van der Waals surface area contributed by atoms with Gasteiger partial charge in [-0.1, -0.05) is 0 Å². The molecule has 0 bridgehead atoms. The quantitative estimate of drug-likeness (QED) is 0.587. The van der Waals surface area contributed by atoms with Crippen LogP contribution in [0, 0.1) is 0 Å². The van der Waals surface area contributed by atoms with Crippen LogP contribution >= 0.6 is 47.8 Å². The molecule has 1 amide bonds. The standard InChI is InChI=1S/C10H9Br3N2O5S/c11-10(12,13)21(19,20)7-5-6(1-3-14-7)9(18)15-4-2-8(16)17/h1,3,5H,2,4H2,(H,15,18)(H,16,17). The highest BCUT2D eigenvalue weighted by Crippen LogP contribution is 2.42. The van der Waals surface area contributed by atoms with Crippen LogP contribution in [-0.2, 0) is 14.6 Å². The number of sulfone groups is 1. The number of rotatable bonds is 5. The van der Waals surface area contributed by atoms with Gasteiger partial charge in [0.1, 0.15) is 0 Å². The first kappa shape index (κ1) is 18.5. The fourth-order valence-corrected chi connectivity index (χ4v) is 3.41. The Hall–Kier alpha value is -0.520. The molecule has 0 saturated heterocycles. The van der Waals surface area contributed by atoms with Crippen molar-refractivity contribution in [3.05, 3.63) is 23.9 Å². The molecule has 0 aromatic carbocycles. The molecule has 0 saturated carbocycles. The second kappa shape index (κ2) is 7.16. The largest absolute Gasteiger partial charge is 0.481 e. The van der Waals surface area contributed by atoms with E-state index in [4.69, 9.17) is 5.11 Å². The number of aromatic nitrogens is 1. The number of hydrogen-bond donors (Lipinski definition) is 2. The lowest BCUT2D eigenvalue weighted by molar-refractivity contribution is -0.136. The topological polar surface area (TPSA) is 113 Å². The number of carboxylic acid groups (broad SMARTS) is 1. The minimum atomic E-state index is -3.90. The first-order valence-corrected chi connectivity index (χ1v) is 9.19. The van der Waals surface area contributed by atoms with Crippen LogP contribution in [0.1, 0.15) is 16.8 Å². The van der Waals surface area contributed by atoms with Crippen LogP contribution in [0.25, 0.3) is 0 Å². The first-order chi connectivity index (χ1) is 9.55. The van der Waals surface area contributed by atoms with Gasteiger partial charge in [0.2, 0.25) is 11.3 Å². The molecule has 0 atom stereocenters. The van der Waals surface area contributed by atoms with Crippen molar-refractivity contribution in [2.24, 2.45) is 0 Å². The highest BCUT2D eigenvalue weighted by atomic mass is 80.0. The van der Waals surface area contributed by atoms with E-state index in [0.717, 1.165) is 6.07 Å². The van der Waals surface area contributed by atoms with Crippen molar-refractivity contribution in [1.82, 2.24) is 10.3 Å². The Bertz CT molecular complexity index is 657. The zero-order valence-electron chi connectivity index (χ0n) is 10.2. The van der Waals surface area contributed by atoms with Crippen molar-refractivity contribution in [2.75, 3.05) is 6.54 Å². The number of amides is 1. The van der Waals surface area contributed by atoms with Crippen LogP contribution in [0.5, 0.6) is 0 Å². The van der Waals surface area contributed by atoms with Gasteiger partial charge in [-0.25, -0.2) is 13.4 Å². The SMILES string of the molecule is O=C(O)CCNC(=O)c1ccnc(S(=O)(=O)C(Br)(Br)Br)c1. The number of carbonyl (C=O) groups is 2. The van der Waals surface area contributed by atoms with Crippen molar-refractivity contribution in [3.8, 4) is 0 Å². The van der Waals surface area contributed by atoms with Gasteiger partial charge in [-0.3, -0.25) is 9.59 Å². The van der Waals surface area contributed by atoms with Gasteiger partial charge in [0.05, 0.1) is 6.42 Å². The van der Waals surface area contributed by atoms with Gasteiger partial charge in [-0.15, -0.1) is 0 Å². The molecule has 1 rings (SSSR count). The minimum absolute atomic E-state index is 0.0577. The molecular formula is C10H9Br3N2O5S. The number of nitrogens with one attached hydrogen (secondary N) is 1. The number of nitrogens with zero attached hydrogens (tertiary/aromatic N) is 1. The number of alkyl halides is 3. The van der Waals surface area contributed by atoms with E-state index in [2.05, 4.69) is 58.1 Å². The average Bonchev–Trinajstić information content (AvgIpc) is 2.37. The summed E-state index contributed by atoms with van der Waals surface area (Å²) >= 11 is 8.69. The van der Waals surface area contributed by atoms with Gasteiger partial charge in [-0.2, -0.15) is 0 Å². The molecule has 1 heterocycles. The van der Waals surface area contributed by atoms with Crippen molar-refractivity contribution in [3.63, 3.8) is 0 Å². The van der Waals surface area contributed by atoms with E-state index < -0.39 is 23.2 Å². The smallest absolute Gasteiger partial charge is 0.305 e. The van der Waals surface area contributed by atoms with Gasteiger partial charge in [0.15, 0.2) is 5.03 Å². The van der Waals surface area contributed by atoms with E-state index in [1.807, 2.05) is 0 Å². The maximum Gasteiger partial charge on any atom is 0.305 e. The van der Waals surface area contributed by atoms with Gasteiger partial charge < -0.3 is 10.4 Å². The number of carbonyl (C=O) groups excluding carboxylic acids is 1. The summed E-state index contributed by atoms with van der Waals surface area (Å²) in [5.41, 5.74) is 0.0608. The van der Waals surface area contributed by atoms with Crippen LogP contribution in [0.2, 0.25) is 0 Å². The average molecular weight is 509 g/mol. The molecule has 0 aliphatic carbocycles. The highest BCUT2D eigenvalue weighted by molar-refractivity contribution is 9.42. The van der Waals surface area contributed by atoms with Gasteiger partial charge in [0.25, 0.3) is 5.91 Å². The fourth-order valence-electron chi connectivity index (χ4n) is 1.20. The third-order valence-corrected chi connectivity index (χ3v) is 7.42. The van der Waals surface area contributed by atoms with E-state index in [0.29, 0.717) is 0 Å². The molecule has 0 aliphatic heterocycles. The normalized spacial score (nSPS) is 12.0. The van der Waals surface area contributed by atoms with Crippen LogP contribution in [0.4, 0.5) is 0 Å². The molecule has 2 N–H and O–H groups in total. The lowest BCUT2D eigenvalue weighted by Gasteiger charge is -2.13. The van der Waals surface area contributed by atoms with Gasteiger partial charge >= 0.3 is 5.97 Å². The molecular weight excluding hydrogens is 500 g/mol. The summed E-state index contributed by atoms with van der Waals surface area (Å²) in [4.78, 5) is 25.9. The molecule has 0 unspecified atom stereocenters. The van der Waals surface area contributed by atoms with Crippen molar-refractivity contribution in [1.29, 1.82) is 0 Å². The number of pyridine rings is 1. The number of aliphatic carboxylic acids is 1. The first-order valence-electron chi connectivity index (χ1n) is 5.33. The zero-order chi connectivity index (χ0) is 16.3. The highest BCUT2D eigenvalue weighted by Gasteiger charge is 2.38. The maximum absolute atomic E-state index is 12.1. The molecule has 1 aromatic heterocycles. The summed E-state index contributed by atoms with van der Waals surface area (Å²) < 4.78 is 22.6. The summed E-state index contributed by atoms with van der Waals surface area (Å²) in [7, 11) is -3.90. The van der Waals surface area contributed by atoms with E-state index in [1.165, 1.54) is 12.3 Å². The Morgan fingerprint density at radius 2 is 1.95 bits per heavy atom. The maximum atomic E-state index is 12.1. The molecule has 1 aromatic rings. The molecule has 116 valence electrons. The number of carboxylic acids is 1. The molecule has 7 nitrogen and oxygen atoms in total. The molecule has 21 heavy (non-hydrogen) atoms. The molecule has 0 spiro atoms. The fraction of sp³-hybridized carbons (Fsp3) is 0.300. The number of hydrogen-bond acceptors (Lipinski definition) is 5. The number of halogens is 3. The second-order valence-electron chi connectivity index (χ2n) is 3.73. The minimum Gasteiger partial charge on any atom is -0.481 e. The summed E-state index contributed by atoms with van der Waals surface area (Å²) in [5, 5.41) is 10.5. The van der Waals surface area contributed by atoms with Gasteiger partial charge in [0, 0.05) is 18.3 Å². The zero-order valence-corrected chi connectivity index (χ0v) is 15.8. The Morgan fingerprint density at radius 1 is 1.33 bits per heavy atom.